The highest BCUT2D eigenvalue weighted by Crippen LogP contribution is 2.25. The highest BCUT2D eigenvalue weighted by Gasteiger charge is 2.49. The standard InChI is InChI=1S/C16H13ClN3O2/c17-10-4-3-5-11(8-10)19-15(21)14-9-18-12-6-1-2-7-13(12)20(14)16(19)22/h3-5,8-9H,1-2,6-7H2/q+1. The number of hydrogen-bond acceptors (Lipinski definition) is 3. The molecular formula is C16H13ClN3O2+. The maximum absolute atomic E-state index is 12.8. The van der Waals surface area contributed by atoms with Crippen LogP contribution in [-0.2, 0) is 12.8 Å². The fraction of sp³-hybridized carbons (Fsp3) is 0.250. The Hall–Kier alpha value is -2.27. The number of benzene rings is 1. The van der Waals surface area contributed by atoms with E-state index in [1.165, 1.54) is 10.8 Å². The van der Waals surface area contributed by atoms with Gasteiger partial charge in [0.2, 0.25) is 5.69 Å². The minimum Gasteiger partial charge on any atom is -0.252 e. The number of aromatic nitrogens is 2. The van der Waals surface area contributed by atoms with Gasteiger partial charge in [0.1, 0.15) is 11.4 Å². The molecule has 0 bridgehead atoms. The van der Waals surface area contributed by atoms with E-state index in [0.717, 1.165) is 42.0 Å². The predicted octanol–water partition coefficient (Wildman–Crippen LogP) is 2.53. The van der Waals surface area contributed by atoms with Crippen LogP contribution < -0.4 is 9.47 Å². The van der Waals surface area contributed by atoms with Gasteiger partial charge in [-0.3, -0.25) is 4.98 Å². The molecule has 6 heteroatoms. The summed E-state index contributed by atoms with van der Waals surface area (Å²) < 4.78 is 1.52. The summed E-state index contributed by atoms with van der Waals surface area (Å²) in [5, 5.41) is 0.485. The largest absolute Gasteiger partial charge is 0.512 e. The van der Waals surface area contributed by atoms with Crippen LogP contribution in [0, 0.1) is 0 Å². The van der Waals surface area contributed by atoms with Crippen molar-refractivity contribution in [3.8, 4) is 0 Å². The van der Waals surface area contributed by atoms with Crippen molar-refractivity contribution in [2.24, 2.45) is 0 Å². The molecule has 22 heavy (non-hydrogen) atoms. The van der Waals surface area contributed by atoms with Crippen LogP contribution in [-0.4, -0.2) is 16.9 Å². The quantitative estimate of drug-likeness (QED) is 0.760. The third-order valence-corrected chi connectivity index (χ3v) is 4.37. The highest BCUT2D eigenvalue weighted by atomic mass is 35.5. The minimum atomic E-state index is -0.354. The van der Waals surface area contributed by atoms with Gasteiger partial charge in [0.15, 0.2) is 0 Å². The number of imide groups is 1. The van der Waals surface area contributed by atoms with Crippen molar-refractivity contribution in [1.29, 1.82) is 0 Å². The first-order valence-corrected chi connectivity index (χ1v) is 7.62. The first kappa shape index (κ1) is 13.4. The Kier molecular flexibility index (Phi) is 2.97. The Morgan fingerprint density at radius 3 is 2.82 bits per heavy atom. The molecule has 0 fully saturated rings. The number of carbonyl (C=O) groups is 2. The van der Waals surface area contributed by atoms with Crippen LogP contribution in [0.3, 0.4) is 0 Å². The zero-order chi connectivity index (χ0) is 15.3. The van der Waals surface area contributed by atoms with Gasteiger partial charge in [0.25, 0.3) is 0 Å². The first-order chi connectivity index (χ1) is 10.7. The average molecular weight is 315 g/mol. The van der Waals surface area contributed by atoms with Crippen molar-refractivity contribution in [1.82, 2.24) is 4.98 Å². The van der Waals surface area contributed by atoms with E-state index in [9.17, 15) is 9.59 Å². The number of nitrogens with zero attached hydrogens (tertiary/aromatic N) is 3. The lowest BCUT2D eigenvalue weighted by Crippen LogP contribution is -2.50. The van der Waals surface area contributed by atoms with E-state index in [4.69, 9.17) is 11.6 Å². The summed E-state index contributed by atoms with van der Waals surface area (Å²) in [7, 11) is 0. The average Bonchev–Trinajstić information content (AvgIpc) is 2.79. The minimum absolute atomic E-state index is 0.325. The molecule has 2 amide bonds. The topological polar surface area (TPSA) is 54.2 Å². The van der Waals surface area contributed by atoms with Gasteiger partial charge >= 0.3 is 11.9 Å². The van der Waals surface area contributed by atoms with E-state index in [0.29, 0.717) is 16.4 Å². The molecule has 0 atom stereocenters. The molecule has 110 valence electrons. The Balaban J connectivity index is 1.86. The van der Waals surface area contributed by atoms with E-state index >= 15 is 0 Å². The van der Waals surface area contributed by atoms with Crippen molar-refractivity contribution in [3.05, 3.63) is 52.6 Å². The van der Waals surface area contributed by atoms with Crippen LogP contribution in [0.1, 0.15) is 34.7 Å². The molecule has 4 rings (SSSR count). The number of amides is 2. The van der Waals surface area contributed by atoms with Crippen molar-refractivity contribution in [3.63, 3.8) is 0 Å². The molecule has 1 aliphatic heterocycles. The molecule has 2 aliphatic rings. The summed E-state index contributed by atoms with van der Waals surface area (Å²) in [4.78, 5) is 30.9. The molecule has 2 aromatic rings. The molecule has 1 aromatic carbocycles. The lowest BCUT2D eigenvalue weighted by atomic mass is 10.00. The summed E-state index contributed by atoms with van der Waals surface area (Å²) in [6, 6.07) is 6.40. The maximum Gasteiger partial charge on any atom is 0.512 e. The van der Waals surface area contributed by atoms with Crippen molar-refractivity contribution < 1.29 is 14.2 Å². The third kappa shape index (κ3) is 1.85. The molecule has 0 saturated heterocycles. The van der Waals surface area contributed by atoms with Crippen LogP contribution in [0.5, 0.6) is 0 Å². The van der Waals surface area contributed by atoms with E-state index in [1.54, 1.807) is 24.3 Å². The molecule has 0 radical (unpaired) electrons. The second-order valence-corrected chi connectivity index (χ2v) is 5.92. The van der Waals surface area contributed by atoms with E-state index in [1.807, 2.05) is 0 Å². The molecule has 2 heterocycles. The van der Waals surface area contributed by atoms with Gasteiger partial charge in [-0.2, -0.15) is 4.79 Å². The predicted molar refractivity (Wildman–Crippen MR) is 80.1 cm³/mol. The monoisotopic (exact) mass is 314 g/mol. The number of anilines is 1. The molecular weight excluding hydrogens is 302 g/mol. The Morgan fingerprint density at radius 1 is 1.18 bits per heavy atom. The maximum atomic E-state index is 12.8. The second-order valence-electron chi connectivity index (χ2n) is 5.48. The number of carbonyl (C=O) groups excluding carboxylic acids is 2. The number of aryl methyl sites for hydroxylation is 1. The molecule has 1 aromatic heterocycles. The van der Waals surface area contributed by atoms with Crippen LogP contribution in [0.15, 0.2) is 30.5 Å². The van der Waals surface area contributed by atoms with Gasteiger partial charge in [0, 0.05) is 17.5 Å². The molecule has 0 spiro atoms. The van der Waals surface area contributed by atoms with Gasteiger partial charge in [-0.15, -0.1) is 9.47 Å². The fourth-order valence-electron chi connectivity index (χ4n) is 3.11. The molecule has 5 nitrogen and oxygen atoms in total. The van der Waals surface area contributed by atoms with Gasteiger partial charge in [-0.25, -0.2) is 4.79 Å². The molecule has 0 N–H and O–H groups in total. The lowest BCUT2D eigenvalue weighted by Gasteiger charge is -2.13. The number of rotatable bonds is 1. The second kappa shape index (κ2) is 4.88. The number of fused-ring (bicyclic) bond motifs is 3. The van der Waals surface area contributed by atoms with Crippen LogP contribution in [0.25, 0.3) is 0 Å². The van der Waals surface area contributed by atoms with Gasteiger partial charge in [0.05, 0.1) is 11.9 Å². The zero-order valence-electron chi connectivity index (χ0n) is 11.8. The summed E-state index contributed by atoms with van der Waals surface area (Å²) in [6.45, 7) is 0. The number of hydrogen-bond donors (Lipinski definition) is 0. The Bertz CT molecular complexity index is 819. The summed E-state index contributed by atoms with van der Waals surface area (Å²) in [6.07, 6.45) is 5.22. The summed E-state index contributed by atoms with van der Waals surface area (Å²) in [5.41, 5.74) is 2.59. The van der Waals surface area contributed by atoms with Crippen LogP contribution in [0.2, 0.25) is 5.02 Å². The van der Waals surface area contributed by atoms with Crippen LogP contribution >= 0.6 is 11.6 Å². The fourth-order valence-corrected chi connectivity index (χ4v) is 3.29. The summed E-state index contributed by atoms with van der Waals surface area (Å²) >= 11 is 5.98. The number of halogens is 1. The SMILES string of the molecule is O=C1c2cnc3c([n+]2C(=O)N1c1cccc(Cl)c1)CCCC3. The summed E-state index contributed by atoms with van der Waals surface area (Å²) in [5.74, 6) is -0.354. The molecule has 1 aliphatic carbocycles. The third-order valence-electron chi connectivity index (χ3n) is 4.13. The van der Waals surface area contributed by atoms with Gasteiger partial charge < -0.3 is 0 Å². The van der Waals surface area contributed by atoms with Crippen molar-refractivity contribution >= 4 is 29.2 Å². The zero-order valence-corrected chi connectivity index (χ0v) is 12.5. The van der Waals surface area contributed by atoms with Gasteiger partial charge in [-0.1, -0.05) is 17.7 Å². The van der Waals surface area contributed by atoms with Crippen molar-refractivity contribution in [2.75, 3.05) is 4.90 Å². The van der Waals surface area contributed by atoms with E-state index < -0.39 is 0 Å². The van der Waals surface area contributed by atoms with E-state index in [2.05, 4.69) is 4.98 Å². The smallest absolute Gasteiger partial charge is 0.252 e. The normalized spacial score (nSPS) is 16.7. The lowest BCUT2D eigenvalue weighted by molar-refractivity contribution is -0.576. The van der Waals surface area contributed by atoms with Crippen LogP contribution in [0.4, 0.5) is 10.5 Å². The van der Waals surface area contributed by atoms with Gasteiger partial charge in [-0.05, 0) is 31.4 Å². The Labute approximate surface area is 132 Å². The highest BCUT2D eigenvalue weighted by molar-refractivity contribution is 6.31. The Morgan fingerprint density at radius 2 is 2.00 bits per heavy atom. The van der Waals surface area contributed by atoms with Crippen molar-refractivity contribution in [2.45, 2.75) is 25.7 Å². The molecule has 0 unspecified atom stereocenters. The van der Waals surface area contributed by atoms with E-state index in [-0.39, 0.29) is 11.9 Å². The first-order valence-electron chi connectivity index (χ1n) is 7.24. The molecule has 0 saturated carbocycles.